The van der Waals surface area contributed by atoms with Gasteiger partial charge in [0.2, 0.25) is 0 Å². The second-order valence-corrected chi connectivity index (χ2v) is 4.50. The van der Waals surface area contributed by atoms with Crippen molar-refractivity contribution in [3.05, 3.63) is 54.6 Å². The molecule has 3 aromatic rings. The average Bonchev–Trinajstić information content (AvgIpc) is 2.38. The molecule has 0 aliphatic carbocycles. The zero-order valence-electron chi connectivity index (χ0n) is 10.3. The molecule has 3 aromatic carbocycles. The number of benzene rings is 3. The van der Waals surface area contributed by atoms with E-state index in [9.17, 15) is 8.76 Å². The summed E-state index contributed by atoms with van der Waals surface area (Å²) >= 11 is -2.56. The second kappa shape index (κ2) is 6.45. The van der Waals surface area contributed by atoms with Crippen LogP contribution < -0.4 is 55.6 Å². The van der Waals surface area contributed by atoms with Gasteiger partial charge in [0.1, 0.15) is 17.1 Å². The molecule has 1 unspecified atom stereocenters. The third-order valence-corrected chi connectivity index (χ3v) is 3.22. The molecule has 90 valence electrons. The Morgan fingerprint density at radius 3 is 2.37 bits per heavy atom. The van der Waals surface area contributed by atoms with E-state index >= 15 is 0 Å². The Labute approximate surface area is 155 Å². The van der Waals surface area contributed by atoms with E-state index in [0.717, 1.165) is 21.5 Å². The van der Waals surface area contributed by atoms with E-state index in [1.165, 1.54) is 0 Å². The molecule has 0 aliphatic heterocycles. The topological polar surface area (TPSA) is 49.4 Å². The second-order valence-electron chi connectivity index (χ2n) is 3.93. The molecule has 0 radical (unpaired) electrons. The quantitative estimate of drug-likeness (QED) is 0.385. The Hall–Kier alpha value is -0.274. The first-order chi connectivity index (χ1) is 8.75. The van der Waals surface area contributed by atoms with Crippen LogP contribution in [0.5, 0.6) is 5.75 Å². The molecule has 3 nitrogen and oxygen atoms in total. The predicted octanol–water partition coefficient (Wildman–Crippen LogP) is 0.170. The van der Waals surface area contributed by atoms with Crippen molar-refractivity contribution in [2.45, 2.75) is 0 Å². The molecular formula is C14H9KO3S. The van der Waals surface area contributed by atoms with Gasteiger partial charge in [0, 0.05) is 5.39 Å². The number of fused-ring (bicyclic) bond motifs is 3. The number of hydrogen-bond donors (Lipinski definition) is 0. The fraction of sp³-hybridized carbons (Fsp3) is 0. The van der Waals surface area contributed by atoms with Crippen LogP contribution in [0.2, 0.25) is 0 Å². The van der Waals surface area contributed by atoms with E-state index in [1.54, 1.807) is 12.1 Å². The van der Waals surface area contributed by atoms with Crippen LogP contribution >= 0.6 is 0 Å². The first-order valence-corrected chi connectivity index (χ1v) is 6.44. The number of hydrogen-bond acceptors (Lipinski definition) is 3. The van der Waals surface area contributed by atoms with Crippen molar-refractivity contribution in [2.24, 2.45) is 0 Å². The largest absolute Gasteiger partial charge is 1.00 e. The van der Waals surface area contributed by atoms with Gasteiger partial charge in [0.15, 0.2) is 0 Å². The third kappa shape index (κ3) is 3.08. The summed E-state index contributed by atoms with van der Waals surface area (Å²) in [6.45, 7) is 0. The fourth-order valence-corrected chi connectivity index (χ4v) is 2.45. The van der Waals surface area contributed by atoms with Gasteiger partial charge in [-0.15, -0.1) is 0 Å². The zero-order chi connectivity index (χ0) is 12.5. The van der Waals surface area contributed by atoms with Gasteiger partial charge in [-0.1, -0.05) is 42.5 Å². The molecule has 0 saturated heterocycles. The number of rotatable bonds is 2. The SMILES string of the molecule is O=S([O-])Oc1cccc2c1ccc1ccccc12.[K+]. The molecule has 0 bridgehead atoms. The Morgan fingerprint density at radius 1 is 0.842 bits per heavy atom. The van der Waals surface area contributed by atoms with Gasteiger partial charge in [-0.25, -0.2) is 4.21 Å². The standard InChI is InChI=1S/C14H10O3S.K/c15-18(16)17-14-7-3-6-12-11-5-2-1-4-10(11)8-9-13(12)14;/h1-9H,(H,15,16);/q;+1/p-1. The molecule has 5 heteroatoms. The molecule has 0 saturated carbocycles. The van der Waals surface area contributed by atoms with E-state index in [4.69, 9.17) is 4.18 Å². The summed E-state index contributed by atoms with van der Waals surface area (Å²) in [7, 11) is 0. The molecule has 0 heterocycles. The molecule has 19 heavy (non-hydrogen) atoms. The summed E-state index contributed by atoms with van der Waals surface area (Å²) in [5.41, 5.74) is 0. The summed E-state index contributed by atoms with van der Waals surface area (Å²) in [5.74, 6) is 0.353. The first kappa shape index (κ1) is 15.1. The van der Waals surface area contributed by atoms with Crippen molar-refractivity contribution < 1.29 is 64.3 Å². The molecule has 3 rings (SSSR count). The van der Waals surface area contributed by atoms with Gasteiger partial charge in [0.05, 0.1) is 0 Å². The van der Waals surface area contributed by atoms with Gasteiger partial charge >= 0.3 is 51.4 Å². The van der Waals surface area contributed by atoms with Crippen molar-refractivity contribution in [3.63, 3.8) is 0 Å². The maximum absolute atomic E-state index is 10.7. The van der Waals surface area contributed by atoms with Crippen LogP contribution in [0.1, 0.15) is 0 Å². The minimum Gasteiger partial charge on any atom is -0.740 e. The smallest absolute Gasteiger partial charge is 0.740 e. The summed E-state index contributed by atoms with van der Waals surface area (Å²) < 4.78 is 26.1. The van der Waals surface area contributed by atoms with Crippen LogP contribution in [0, 0.1) is 0 Å². The fourth-order valence-electron chi connectivity index (χ4n) is 2.16. The summed E-state index contributed by atoms with van der Waals surface area (Å²) in [6, 6.07) is 17.2. The van der Waals surface area contributed by atoms with Crippen LogP contribution in [0.4, 0.5) is 0 Å². The van der Waals surface area contributed by atoms with Gasteiger partial charge in [-0.05, 0) is 28.3 Å². The molecule has 0 amide bonds. The van der Waals surface area contributed by atoms with Gasteiger partial charge in [-0.2, -0.15) is 0 Å². The summed E-state index contributed by atoms with van der Waals surface area (Å²) in [5, 5.41) is 3.97. The molecule has 1 atom stereocenters. The molecular weight excluding hydrogens is 287 g/mol. The minimum absolute atomic E-state index is 0. The molecule has 0 fully saturated rings. The van der Waals surface area contributed by atoms with E-state index in [-0.39, 0.29) is 51.4 Å². The Morgan fingerprint density at radius 2 is 1.58 bits per heavy atom. The van der Waals surface area contributed by atoms with E-state index in [1.807, 2.05) is 42.5 Å². The van der Waals surface area contributed by atoms with Gasteiger partial charge in [-0.3, -0.25) is 0 Å². The average molecular weight is 296 g/mol. The maximum atomic E-state index is 10.7. The summed E-state index contributed by atoms with van der Waals surface area (Å²) in [4.78, 5) is 0. The van der Waals surface area contributed by atoms with Crippen LogP contribution in [-0.2, 0) is 11.4 Å². The normalized spacial score (nSPS) is 12.1. The Bertz CT molecular complexity index is 758. The van der Waals surface area contributed by atoms with E-state index in [0.29, 0.717) is 5.75 Å². The predicted molar refractivity (Wildman–Crippen MR) is 71.0 cm³/mol. The molecule has 0 aliphatic rings. The molecule has 0 spiro atoms. The van der Waals surface area contributed by atoms with Crippen molar-refractivity contribution in [2.75, 3.05) is 0 Å². The Kier molecular flexibility index (Phi) is 5.13. The monoisotopic (exact) mass is 296 g/mol. The van der Waals surface area contributed by atoms with Crippen LogP contribution in [0.3, 0.4) is 0 Å². The molecule has 0 N–H and O–H groups in total. The zero-order valence-corrected chi connectivity index (χ0v) is 14.3. The van der Waals surface area contributed by atoms with E-state index < -0.39 is 11.4 Å². The van der Waals surface area contributed by atoms with Gasteiger partial charge < -0.3 is 8.74 Å². The van der Waals surface area contributed by atoms with Crippen molar-refractivity contribution >= 4 is 32.9 Å². The van der Waals surface area contributed by atoms with Crippen LogP contribution in [-0.4, -0.2) is 8.76 Å². The van der Waals surface area contributed by atoms with Crippen molar-refractivity contribution in [3.8, 4) is 5.75 Å². The van der Waals surface area contributed by atoms with E-state index in [2.05, 4.69) is 0 Å². The molecule has 0 aromatic heterocycles. The summed E-state index contributed by atoms with van der Waals surface area (Å²) in [6.07, 6.45) is 0. The maximum Gasteiger partial charge on any atom is 1.00 e. The van der Waals surface area contributed by atoms with Crippen molar-refractivity contribution in [1.82, 2.24) is 0 Å². The van der Waals surface area contributed by atoms with Crippen molar-refractivity contribution in [1.29, 1.82) is 0 Å². The van der Waals surface area contributed by atoms with Crippen LogP contribution in [0.15, 0.2) is 54.6 Å². The first-order valence-electron chi connectivity index (χ1n) is 5.44. The van der Waals surface area contributed by atoms with Crippen LogP contribution in [0.25, 0.3) is 21.5 Å². The Balaban J connectivity index is 0.00000133. The minimum atomic E-state index is -2.56. The third-order valence-electron chi connectivity index (χ3n) is 2.90. The van der Waals surface area contributed by atoms with Gasteiger partial charge in [0.25, 0.3) is 0 Å².